The van der Waals surface area contributed by atoms with Gasteiger partial charge >= 0.3 is 11.9 Å². The van der Waals surface area contributed by atoms with Crippen LogP contribution >= 0.6 is 0 Å². The van der Waals surface area contributed by atoms with Crippen LogP contribution in [0.15, 0.2) is 60.7 Å². The van der Waals surface area contributed by atoms with Gasteiger partial charge in [-0.3, -0.25) is 0 Å². The molecule has 0 spiro atoms. The Balaban J connectivity index is -0.0000000350. The lowest BCUT2D eigenvalue weighted by Crippen LogP contribution is -2.30. The van der Waals surface area contributed by atoms with Crippen molar-refractivity contribution in [2.45, 2.75) is 353 Å². The van der Waals surface area contributed by atoms with E-state index >= 15 is 0 Å². The Morgan fingerprint density at radius 1 is 0.308 bits per heavy atom. The maximum absolute atomic E-state index is 9.80. The van der Waals surface area contributed by atoms with E-state index in [0.29, 0.717) is 112 Å². The third-order valence-corrected chi connectivity index (χ3v) is 11.7. The largest absolute Gasteiger partial charge is 0.491 e. The zero-order valence-electron chi connectivity index (χ0n) is 53.1. The van der Waals surface area contributed by atoms with Crippen molar-refractivity contribution in [3.63, 3.8) is 0 Å². The predicted molar refractivity (Wildman–Crippen MR) is 483 cm³/mol. The fourth-order valence-electron chi connectivity index (χ4n) is 7.65. The summed E-state index contributed by atoms with van der Waals surface area (Å²) in [7, 11) is 6.46. The summed E-state index contributed by atoms with van der Waals surface area (Å²) in [5.41, 5.74) is 1.18. The van der Waals surface area contributed by atoms with E-state index in [4.69, 9.17) is 67.1 Å². The highest BCUT2D eigenvalue weighted by Crippen LogP contribution is 2.21. The predicted octanol–water partition coefficient (Wildman–Crippen LogP) is 25.4. The van der Waals surface area contributed by atoms with E-state index in [2.05, 4.69) is 58.8 Å². The van der Waals surface area contributed by atoms with Crippen LogP contribution in [0.4, 0.5) is 0 Å². The van der Waals surface area contributed by atoms with Crippen molar-refractivity contribution in [3.05, 3.63) is 66.2 Å². The van der Waals surface area contributed by atoms with E-state index in [1.165, 1.54) is 19.8 Å². The van der Waals surface area contributed by atoms with Gasteiger partial charge in [0.15, 0.2) is 0 Å². The molecule has 2 rings (SSSR count). The first-order valence-electron chi connectivity index (χ1n) is 30.0. The van der Waals surface area contributed by atoms with Crippen LogP contribution in [0, 0.1) is 0 Å². The maximum atomic E-state index is 9.80. The highest BCUT2D eigenvalue weighted by molar-refractivity contribution is 5.68. The molecule has 2 aromatic carbocycles. The first kappa shape index (κ1) is 181. The highest BCUT2D eigenvalue weighted by atomic mass is 16.6. The van der Waals surface area contributed by atoms with Crippen LogP contribution in [0.3, 0.4) is 0 Å². The summed E-state index contributed by atoms with van der Waals surface area (Å²) in [5.74, 6) is -1.04. The molecule has 0 aromatic heterocycles. The molecule has 6 unspecified atom stereocenters. The lowest BCUT2D eigenvalue weighted by atomic mass is 10.0. The molecule has 107 heavy (non-hydrogen) atoms. The average molecular weight is 1580 g/mol. The molecule has 6 atom stereocenters. The second-order valence-corrected chi connectivity index (χ2v) is 19.7. The molecule has 0 bridgehead atoms. The number of methoxy groups -OCH3 is 4. The van der Waals surface area contributed by atoms with Crippen molar-refractivity contribution in [2.24, 2.45) is 0 Å². The number of hydrogen-bond donors (Lipinski definition) is 2. The molecule has 2 aromatic rings. The number of hydrogen-bond acceptors (Lipinski definition) is 18. The second kappa shape index (κ2) is 138. The number of carboxylic acids is 2. The van der Waals surface area contributed by atoms with Crippen LogP contribution in [-0.4, -0.2) is 218 Å². The molecule has 0 saturated carbocycles. The minimum atomic E-state index is -0.953. The molecule has 20 nitrogen and oxygen atoms in total. The fraction of sp³-hybridized carbons (Fsp3) is 0.839. The van der Waals surface area contributed by atoms with Crippen LogP contribution in [0.25, 0.3) is 0 Å². The van der Waals surface area contributed by atoms with Gasteiger partial charge in [-0.2, -0.15) is 0 Å². The van der Waals surface area contributed by atoms with Crippen LogP contribution in [-0.2, 0) is 87.2 Å². The minimum absolute atomic E-state index is 0. The molecule has 20 heteroatoms. The van der Waals surface area contributed by atoms with Crippen LogP contribution in [0.2, 0.25) is 0 Å². The number of carbonyl (C=O) groups is 2. The fourth-order valence-corrected chi connectivity index (χ4v) is 7.65. The minimum Gasteiger partial charge on any atom is -0.491 e. The molecule has 0 aliphatic heterocycles. The Morgan fingerprint density at radius 3 is 0.860 bits per heavy atom. The van der Waals surface area contributed by atoms with Crippen molar-refractivity contribution in [1.29, 1.82) is 0 Å². The molecule has 0 radical (unpaired) electrons. The molecule has 0 heterocycles. The Bertz CT molecular complexity index is 1620. The lowest BCUT2D eigenvalue weighted by molar-refractivity contribution is -0.143. The molecular formula is C87H210O20. The first-order chi connectivity index (χ1) is 40.2. The van der Waals surface area contributed by atoms with Gasteiger partial charge in [0.2, 0.25) is 0 Å². The summed E-state index contributed by atoms with van der Waals surface area (Å²) in [6.45, 7) is 25.5. The number of ether oxygens (including phenoxy) is 16. The Labute approximate surface area is 677 Å². The third kappa shape index (κ3) is 129. The standard InChI is InChI=1S/C27H48O6.C26H46O6.2C5H10O4.24CH4/c1-6-11-26(32-16-14-28-5)21-27(33-19-18-30-23(3)4)20-25(7-2)31-17-15-29-22-24-12-9-8-10-13-24;1-6-11-25(31-15-14-27-5)21-26(32-17-16-28-22(3)4)20-23(7-2)29-18-19-30-24-12-9-8-10-13-24;2*1-8-2-3-9-4-5(6)7;;;;;;;;;;;;;;;;;;;;;;;;/h8-10,12-13,23,25-27H,6-7,11,14-22H2,1-5H3;8-10,12-13,22-23,25-26H,6-7,11,14-21H2,1-5H3;2*2-4H2,1H3,(H,6,7);24*1H4. The normalized spacial score (nSPS) is 10.4. The summed E-state index contributed by atoms with van der Waals surface area (Å²) in [4.78, 5) is 19.6. The Kier molecular flexibility index (Phi) is 234. The molecular weight excluding hydrogens is 1360 g/mol. The van der Waals surface area contributed by atoms with Crippen molar-refractivity contribution >= 4 is 11.9 Å². The number of aliphatic carboxylic acids is 2. The average Bonchev–Trinajstić information content (AvgIpc) is 0.931. The summed E-state index contributed by atoms with van der Waals surface area (Å²) >= 11 is 0. The van der Waals surface area contributed by atoms with Gasteiger partial charge in [-0.25, -0.2) is 9.59 Å². The van der Waals surface area contributed by atoms with Crippen LogP contribution < -0.4 is 4.74 Å². The van der Waals surface area contributed by atoms with Crippen molar-refractivity contribution in [1.82, 2.24) is 0 Å². The molecule has 2 N–H and O–H groups in total. The van der Waals surface area contributed by atoms with E-state index < -0.39 is 11.9 Å². The summed E-state index contributed by atoms with van der Waals surface area (Å²) in [6.07, 6.45) is 10.5. The zero-order valence-corrected chi connectivity index (χ0v) is 53.1. The third-order valence-electron chi connectivity index (χ3n) is 11.7. The Morgan fingerprint density at radius 2 is 0.561 bits per heavy atom. The lowest BCUT2D eigenvalue weighted by Gasteiger charge is -2.27. The van der Waals surface area contributed by atoms with Gasteiger partial charge in [-0.15, -0.1) is 0 Å². The molecule has 678 valence electrons. The smallest absolute Gasteiger partial charge is 0.329 e. The van der Waals surface area contributed by atoms with E-state index in [-0.39, 0.29) is 240 Å². The number of carboxylic acid groups (broad SMARTS) is 2. The van der Waals surface area contributed by atoms with E-state index in [1.807, 2.05) is 76.2 Å². The number of rotatable bonds is 53. The van der Waals surface area contributed by atoms with Crippen molar-refractivity contribution < 1.29 is 95.6 Å². The quantitative estimate of drug-likeness (QED) is 0.0588. The highest BCUT2D eigenvalue weighted by Gasteiger charge is 2.23. The van der Waals surface area contributed by atoms with Gasteiger partial charge in [-0.1, -0.05) is 267 Å². The SMILES string of the molecule is C.C.C.C.C.C.C.C.C.C.C.C.C.C.C.C.C.C.C.C.C.C.C.C.CCCC(CC(CC(CC)OCCOCc1ccccc1)OCCOC(C)C)OCCOC.CCCC(CC(CC(CC)OCCOc1ccccc1)OCCOC(C)C)OCCOC.COCCOCC(=O)O.COCCOCC(=O)O. The summed E-state index contributed by atoms with van der Waals surface area (Å²) in [5, 5.41) is 16.1. The van der Waals surface area contributed by atoms with Crippen LogP contribution in [0.1, 0.15) is 303 Å². The Hall–Kier alpha value is -3.42. The van der Waals surface area contributed by atoms with Crippen LogP contribution in [0.5, 0.6) is 5.75 Å². The van der Waals surface area contributed by atoms with Crippen molar-refractivity contribution in [2.75, 3.05) is 147 Å². The maximum Gasteiger partial charge on any atom is 0.329 e. The van der Waals surface area contributed by atoms with Gasteiger partial charge in [0.05, 0.1) is 155 Å². The van der Waals surface area contributed by atoms with Gasteiger partial charge in [0.25, 0.3) is 0 Å². The number of benzene rings is 2. The number of para-hydroxylation sites is 1. The molecule has 0 amide bonds. The van der Waals surface area contributed by atoms with Gasteiger partial charge in [0.1, 0.15) is 25.6 Å². The van der Waals surface area contributed by atoms with Gasteiger partial charge in [0, 0.05) is 28.4 Å². The van der Waals surface area contributed by atoms with E-state index in [0.717, 1.165) is 70.0 Å². The summed E-state index contributed by atoms with van der Waals surface area (Å²) in [6, 6.07) is 20.0. The van der Waals surface area contributed by atoms with E-state index in [1.54, 1.807) is 14.2 Å². The van der Waals surface area contributed by atoms with Gasteiger partial charge in [-0.05, 0) is 96.8 Å². The summed E-state index contributed by atoms with van der Waals surface area (Å²) < 4.78 is 88.5. The topological polar surface area (TPSA) is 222 Å². The molecule has 0 saturated heterocycles. The van der Waals surface area contributed by atoms with E-state index in [9.17, 15) is 9.59 Å². The molecule has 0 aliphatic carbocycles. The molecule has 0 aliphatic rings. The second-order valence-electron chi connectivity index (χ2n) is 19.7. The first-order valence-corrected chi connectivity index (χ1v) is 30.0. The van der Waals surface area contributed by atoms with Crippen molar-refractivity contribution in [3.8, 4) is 5.75 Å². The zero-order chi connectivity index (χ0) is 61.8. The molecule has 0 fully saturated rings. The van der Waals surface area contributed by atoms with Gasteiger partial charge < -0.3 is 86.0 Å². The monoisotopic (exact) mass is 1580 g/mol.